The van der Waals surface area contributed by atoms with E-state index in [4.69, 9.17) is 9.47 Å². The molecule has 0 N–H and O–H groups in total. The van der Waals surface area contributed by atoms with Crippen LogP contribution >= 0.6 is 0 Å². The third-order valence-electron chi connectivity index (χ3n) is 1.01. The second-order valence-electron chi connectivity index (χ2n) is 1.78. The van der Waals surface area contributed by atoms with Crippen molar-refractivity contribution in [2.45, 2.75) is 0 Å². The van der Waals surface area contributed by atoms with Gasteiger partial charge in [0.25, 0.3) is 0 Å². The number of rotatable bonds is 3. The van der Waals surface area contributed by atoms with Crippen LogP contribution in [0.2, 0.25) is 0 Å². The van der Waals surface area contributed by atoms with Crippen molar-refractivity contribution < 1.29 is 41.4 Å². The number of hydrogen-bond acceptors (Lipinski definition) is 2. The van der Waals surface area contributed by atoms with Crippen molar-refractivity contribution in [1.82, 2.24) is 0 Å². The number of ether oxygens (including phenoxy) is 2. The van der Waals surface area contributed by atoms with Crippen LogP contribution in [0.25, 0.3) is 0 Å². The zero-order valence-electron chi connectivity index (χ0n) is 6.92. The first-order chi connectivity index (χ1) is 4.93. The first-order valence-electron chi connectivity index (χ1n) is 3.02. The van der Waals surface area contributed by atoms with Gasteiger partial charge in [-0.3, -0.25) is 0 Å². The monoisotopic (exact) mass is 236 g/mol. The van der Waals surface area contributed by atoms with Crippen LogP contribution in [-0.4, -0.2) is 13.9 Å². The molecule has 2 nitrogen and oxygen atoms in total. The predicted molar refractivity (Wildman–Crippen MR) is 37.8 cm³/mol. The zero-order chi connectivity index (χ0) is 7.23. The third-order valence-corrected chi connectivity index (χ3v) is 1.01. The summed E-state index contributed by atoms with van der Waals surface area (Å²) in [6.07, 6.45) is 0. The van der Waals surface area contributed by atoms with Crippen LogP contribution in [0.1, 0.15) is 0 Å². The average molecular weight is 238 g/mol. The Labute approximate surface area is 91.4 Å². The molecule has 0 aliphatic carbocycles. The number of benzene rings is 1. The minimum Gasteiger partial charge on any atom is -1.00 e. The Morgan fingerprint density at radius 2 is 2.17 bits per heavy atom. The molecular weight excluding hydrogens is 229 g/mol. The Morgan fingerprint density at radius 1 is 1.42 bits per heavy atom. The van der Waals surface area contributed by atoms with Crippen molar-refractivity contribution in [1.29, 1.82) is 0 Å². The molecule has 1 rings (SSSR count). The molecule has 0 unspecified atom stereocenters. The molecule has 1 radical (unpaired) electrons. The summed E-state index contributed by atoms with van der Waals surface area (Å²) in [7, 11) is 1.59. The average Bonchev–Trinajstić information content (AvgIpc) is 2.03. The van der Waals surface area contributed by atoms with E-state index in [9.17, 15) is 0 Å². The zero-order valence-corrected chi connectivity index (χ0v) is 10.6. The van der Waals surface area contributed by atoms with Crippen molar-refractivity contribution in [2.75, 3.05) is 13.9 Å². The first kappa shape index (κ1) is 14.4. The van der Waals surface area contributed by atoms with Gasteiger partial charge in [-0.05, 0) is 6.07 Å². The van der Waals surface area contributed by atoms with Crippen LogP contribution in [0.5, 0.6) is 5.75 Å². The number of hydrogen-bond donors (Lipinski definition) is 0. The van der Waals surface area contributed by atoms with E-state index in [0.29, 0.717) is 5.75 Å². The van der Waals surface area contributed by atoms with Crippen LogP contribution < -0.4 is 17.1 Å². The molecule has 0 aliphatic rings. The van der Waals surface area contributed by atoms with E-state index in [1.807, 2.05) is 18.2 Å². The molecule has 1 aromatic carbocycles. The van der Waals surface area contributed by atoms with Gasteiger partial charge >= 0.3 is 0 Å². The van der Waals surface area contributed by atoms with Crippen molar-refractivity contribution in [3.63, 3.8) is 0 Å². The summed E-state index contributed by atoms with van der Waals surface area (Å²) in [5.74, 6) is 0.712. The maximum absolute atomic E-state index is 5.08. The molecule has 0 aromatic heterocycles. The molecule has 0 saturated carbocycles. The van der Waals surface area contributed by atoms with Crippen LogP contribution in [0, 0.1) is 6.07 Å². The Kier molecular flexibility index (Phi) is 10.8. The molecule has 0 saturated heterocycles. The molecule has 0 spiro atoms. The van der Waals surface area contributed by atoms with Crippen molar-refractivity contribution in [3.8, 4) is 5.75 Å². The van der Waals surface area contributed by atoms with Crippen molar-refractivity contribution in [2.24, 2.45) is 0 Å². The van der Waals surface area contributed by atoms with E-state index < -0.39 is 0 Å². The normalized spacial score (nSPS) is 7.75. The fourth-order valence-electron chi connectivity index (χ4n) is 0.589. The van der Waals surface area contributed by atoms with E-state index in [1.165, 1.54) is 0 Å². The van der Waals surface area contributed by atoms with Gasteiger partial charge in [-0.25, -0.2) is 0 Å². The molecule has 63 valence electrons. The largest absolute Gasteiger partial charge is 1.00 e. The van der Waals surface area contributed by atoms with Gasteiger partial charge in [0, 0.05) is 32.7 Å². The summed E-state index contributed by atoms with van der Waals surface area (Å²) >= 11 is 0. The summed E-state index contributed by atoms with van der Waals surface area (Å²) in [6.45, 7) is 0.278. The number of methoxy groups -OCH3 is 1. The van der Waals surface area contributed by atoms with Gasteiger partial charge in [0.1, 0.15) is 5.75 Å². The van der Waals surface area contributed by atoms with Gasteiger partial charge in [0.15, 0.2) is 6.79 Å². The van der Waals surface area contributed by atoms with Crippen LogP contribution in [-0.2, 0) is 24.2 Å². The van der Waals surface area contributed by atoms with Crippen molar-refractivity contribution >= 4 is 0 Å². The Hall–Kier alpha value is -0.107. The topological polar surface area (TPSA) is 18.5 Å². The molecule has 1 aromatic rings. The maximum Gasteiger partial charge on any atom is 0.188 e. The van der Waals surface area contributed by atoms with Gasteiger partial charge in [0.2, 0.25) is 0 Å². The minimum absolute atomic E-state index is 0. The first-order valence-corrected chi connectivity index (χ1v) is 3.02. The molecule has 0 bridgehead atoms. The van der Waals surface area contributed by atoms with Crippen LogP contribution in [0.4, 0.5) is 0 Å². The van der Waals surface area contributed by atoms with E-state index in [2.05, 4.69) is 6.07 Å². The third kappa shape index (κ3) is 5.53. The fraction of sp³-hybridized carbons (Fsp3) is 0.250. The summed E-state index contributed by atoms with van der Waals surface area (Å²) < 4.78 is 9.78. The van der Waals surface area contributed by atoms with Gasteiger partial charge in [-0.15, -0.1) is 0 Å². The van der Waals surface area contributed by atoms with Crippen LogP contribution in [0.15, 0.2) is 24.3 Å². The Morgan fingerprint density at radius 3 is 2.67 bits per heavy atom. The second kappa shape index (κ2) is 8.99. The second-order valence-corrected chi connectivity index (χ2v) is 1.78. The van der Waals surface area contributed by atoms with E-state index >= 15 is 0 Å². The Bertz CT molecular complexity index is 182. The van der Waals surface area contributed by atoms with E-state index in [0.717, 1.165) is 0 Å². The molecule has 4 heteroatoms. The number of para-hydroxylation sites is 1. The summed E-state index contributed by atoms with van der Waals surface area (Å²) in [5.41, 5.74) is 0. The molecule has 0 atom stereocenters. The van der Waals surface area contributed by atoms with Crippen LogP contribution in [0.3, 0.4) is 0 Å². The summed E-state index contributed by atoms with van der Waals surface area (Å²) in [5, 5.41) is 0. The smallest absolute Gasteiger partial charge is 0.188 e. The van der Waals surface area contributed by atoms with Gasteiger partial charge in [-0.2, -0.15) is 0 Å². The molecule has 12 heavy (non-hydrogen) atoms. The maximum atomic E-state index is 5.08. The fourth-order valence-corrected chi connectivity index (χ4v) is 0.589. The molecule has 0 amide bonds. The quantitative estimate of drug-likeness (QED) is 0.470. The molecule has 0 aliphatic heterocycles. The van der Waals surface area contributed by atoms with Crippen molar-refractivity contribution in [3.05, 3.63) is 30.3 Å². The standard InChI is InChI=1S/C8H9O2.ClH.Zn/c1-9-7-10-8-5-3-2-4-6-8;;/h2-5H,7H2,1H3;1H;/p-1. The molecule has 0 heterocycles. The summed E-state index contributed by atoms with van der Waals surface area (Å²) in [4.78, 5) is 0. The summed E-state index contributed by atoms with van der Waals surface area (Å²) in [6, 6.07) is 10.3. The number of halogens is 1. The van der Waals surface area contributed by atoms with Gasteiger partial charge < -0.3 is 21.9 Å². The Balaban J connectivity index is 0. The predicted octanol–water partition coefficient (Wildman–Crippen LogP) is -1.53. The molecular formula is C8H9ClO2Zn-. The van der Waals surface area contributed by atoms with Gasteiger partial charge in [0.05, 0.1) is 0 Å². The molecule has 0 fully saturated rings. The minimum atomic E-state index is 0. The van der Waals surface area contributed by atoms with Gasteiger partial charge in [-0.1, -0.05) is 18.2 Å². The van der Waals surface area contributed by atoms with E-state index in [1.54, 1.807) is 13.2 Å². The SMILES string of the molecule is COCOc1[c]cccc1.[Cl-].[Zn]. The van der Waals surface area contributed by atoms with E-state index in [-0.39, 0.29) is 38.7 Å².